The summed E-state index contributed by atoms with van der Waals surface area (Å²) >= 11 is 0. The number of nitrogens with two attached hydrogens (primary N) is 1. The third kappa shape index (κ3) is 2.43. The van der Waals surface area contributed by atoms with E-state index in [4.69, 9.17) is 12.3 Å². The first-order valence-electron chi connectivity index (χ1n) is 8.57. The molecular formula is C23H13N3O2. The van der Waals surface area contributed by atoms with Crippen LogP contribution in [0.1, 0.15) is 21.5 Å². The Hall–Kier alpha value is -4.06. The van der Waals surface area contributed by atoms with Crippen LogP contribution in [0.15, 0.2) is 59.4 Å². The van der Waals surface area contributed by atoms with Crippen LogP contribution in [-0.2, 0) is 6.54 Å². The fourth-order valence-electron chi connectivity index (χ4n) is 3.58. The molecule has 28 heavy (non-hydrogen) atoms. The van der Waals surface area contributed by atoms with E-state index in [9.17, 15) is 14.9 Å². The molecule has 0 aliphatic carbocycles. The summed E-state index contributed by atoms with van der Waals surface area (Å²) in [5, 5.41) is 11.5. The lowest BCUT2D eigenvalue weighted by Crippen LogP contribution is -2.21. The van der Waals surface area contributed by atoms with Gasteiger partial charge in [-0.2, -0.15) is 0 Å². The molecule has 0 spiro atoms. The topological polar surface area (TPSA) is 88.3 Å². The molecular weight excluding hydrogens is 350 g/mol. The first-order valence-corrected chi connectivity index (χ1v) is 8.57. The predicted molar refractivity (Wildman–Crippen MR) is 108 cm³/mol. The van der Waals surface area contributed by atoms with Crippen molar-refractivity contribution in [1.29, 1.82) is 5.26 Å². The number of hydrogen-bond donors (Lipinski definition) is 1. The molecule has 4 aromatic rings. The van der Waals surface area contributed by atoms with Gasteiger partial charge in [0.05, 0.1) is 12.6 Å². The predicted octanol–water partition coefficient (Wildman–Crippen LogP) is 2.75. The molecule has 0 saturated heterocycles. The summed E-state index contributed by atoms with van der Waals surface area (Å²) in [6.45, 7) is 7.60. The minimum atomic E-state index is -0.356. The minimum absolute atomic E-state index is 0.106. The van der Waals surface area contributed by atoms with Gasteiger partial charge in [0.15, 0.2) is 11.2 Å². The van der Waals surface area contributed by atoms with E-state index in [-0.39, 0.29) is 22.1 Å². The molecule has 0 heterocycles. The molecule has 0 bridgehead atoms. The zero-order valence-corrected chi connectivity index (χ0v) is 14.7. The molecule has 5 nitrogen and oxygen atoms in total. The van der Waals surface area contributed by atoms with Gasteiger partial charge in [-0.05, 0) is 22.4 Å². The molecule has 0 radical (unpaired) electrons. The molecule has 0 saturated carbocycles. The van der Waals surface area contributed by atoms with Crippen LogP contribution >= 0.6 is 0 Å². The fraction of sp³-hybridized carbons (Fsp3) is 0.0435. The molecule has 2 N–H and O–H groups in total. The Morgan fingerprint density at radius 2 is 1.75 bits per heavy atom. The minimum Gasteiger partial charge on any atom is -0.326 e. The van der Waals surface area contributed by atoms with Crippen molar-refractivity contribution in [3.05, 3.63) is 98.1 Å². The maximum atomic E-state index is 13.1. The number of carbonyl (C=O) groups excluding carboxylic acids is 1. The van der Waals surface area contributed by atoms with Gasteiger partial charge in [-0.25, -0.2) is 10.1 Å². The fourth-order valence-corrected chi connectivity index (χ4v) is 3.58. The van der Waals surface area contributed by atoms with Crippen LogP contribution in [-0.4, -0.2) is 5.78 Å². The van der Waals surface area contributed by atoms with Crippen molar-refractivity contribution in [1.82, 2.24) is 0 Å². The Bertz CT molecular complexity index is 1420. The highest BCUT2D eigenvalue weighted by Gasteiger charge is 2.19. The van der Waals surface area contributed by atoms with E-state index in [2.05, 4.69) is 4.85 Å². The lowest BCUT2D eigenvalue weighted by Gasteiger charge is -2.07. The molecule has 0 amide bonds. The van der Waals surface area contributed by atoms with E-state index >= 15 is 0 Å². The summed E-state index contributed by atoms with van der Waals surface area (Å²) in [4.78, 5) is 29.1. The van der Waals surface area contributed by atoms with E-state index in [0.717, 1.165) is 5.56 Å². The van der Waals surface area contributed by atoms with Crippen molar-refractivity contribution in [2.45, 2.75) is 6.54 Å². The van der Waals surface area contributed by atoms with Crippen molar-refractivity contribution in [2.24, 2.45) is 5.73 Å². The number of nitriles is 1. The Labute approximate surface area is 160 Å². The van der Waals surface area contributed by atoms with Crippen molar-refractivity contribution in [3.63, 3.8) is 0 Å². The number of rotatable bonds is 3. The van der Waals surface area contributed by atoms with Crippen molar-refractivity contribution in [3.8, 4) is 6.07 Å². The highest BCUT2D eigenvalue weighted by atomic mass is 16.1. The van der Waals surface area contributed by atoms with Crippen LogP contribution in [0, 0.1) is 17.9 Å². The first kappa shape index (κ1) is 17.4. The number of benzene rings is 3. The summed E-state index contributed by atoms with van der Waals surface area (Å²) < 4.78 is 0. The van der Waals surface area contributed by atoms with E-state index in [1.807, 2.05) is 12.1 Å². The van der Waals surface area contributed by atoms with Crippen LogP contribution in [0.2, 0.25) is 0 Å². The zero-order valence-electron chi connectivity index (χ0n) is 14.7. The molecule has 0 unspecified atom stereocenters. The Kier molecular flexibility index (Phi) is 4.08. The SMILES string of the molecule is [C-]#[N+]/C(C#N)=c1\c(=O)c2cccc3c(C(=O)c4ccc(CN)cc4)ccc1c32. The molecule has 0 aromatic heterocycles. The molecule has 4 aromatic carbocycles. The van der Waals surface area contributed by atoms with Crippen LogP contribution in [0.3, 0.4) is 0 Å². The summed E-state index contributed by atoms with van der Waals surface area (Å²) in [6.07, 6.45) is 0. The van der Waals surface area contributed by atoms with Gasteiger partial charge >= 0.3 is 0 Å². The molecule has 0 fully saturated rings. The largest absolute Gasteiger partial charge is 0.326 e. The van der Waals surface area contributed by atoms with Crippen molar-refractivity contribution < 1.29 is 4.79 Å². The highest BCUT2D eigenvalue weighted by Crippen LogP contribution is 2.28. The van der Waals surface area contributed by atoms with Crippen LogP contribution in [0.4, 0.5) is 0 Å². The number of carbonyl (C=O) groups is 1. The summed E-state index contributed by atoms with van der Waals surface area (Å²) in [6, 6.07) is 17.3. The first-order chi connectivity index (χ1) is 13.6. The maximum Gasteiger partial charge on any atom is 0.273 e. The van der Waals surface area contributed by atoms with Crippen LogP contribution in [0.25, 0.3) is 32.1 Å². The van der Waals surface area contributed by atoms with Crippen molar-refractivity contribution >= 4 is 33.0 Å². The lowest BCUT2D eigenvalue weighted by molar-refractivity contribution is 0.104. The molecule has 4 rings (SSSR count). The average molecular weight is 363 g/mol. The van der Waals surface area contributed by atoms with Crippen molar-refractivity contribution in [2.75, 3.05) is 0 Å². The number of nitrogens with zero attached hydrogens (tertiary/aromatic N) is 2. The molecule has 0 aliphatic heterocycles. The molecule has 0 atom stereocenters. The zero-order chi connectivity index (χ0) is 19.8. The van der Waals surface area contributed by atoms with Gasteiger partial charge in [0, 0.05) is 33.7 Å². The van der Waals surface area contributed by atoms with Gasteiger partial charge in [-0.1, -0.05) is 48.5 Å². The molecule has 0 aliphatic rings. The summed E-state index contributed by atoms with van der Waals surface area (Å²) in [5.74, 6) is -0.164. The maximum absolute atomic E-state index is 13.1. The Morgan fingerprint density at radius 3 is 2.39 bits per heavy atom. The average Bonchev–Trinajstić information content (AvgIpc) is 3.03. The van der Waals surface area contributed by atoms with Gasteiger partial charge in [0.25, 0.3) is 5.70 Å². The third-order valence-electron chi connectivity index (χ3n) is 4.93. The lowest BCUT2D eigenvalue weighted by atomic mass is 9.95. The standard InChI is InChI=1S/C23H13N3O2/c1-26-19(12-25)21-17-10-9-16(15-3-2-4-18(20(15)17)23(21)28)22(27)14-7-5-13(11-24)6-8-14/h2-10H,11,24H2/b21-19-. The van der Waals surface area contributed by atoms with Gasteiger partial charge in [-0.3, -0.25) is 9.59 Å². The smallest absolute Gasteiger partial charge is 0.273 e. The number of ketones is 1. The van der Waals surface area contributed by atoms with Crippen LogP contribution in [0.5, 0.6) is 0 Å². The molecule has 132 valence electrons. The third-order valence-corrected chi connectivity index (χ3v) is 4.93. The van der Waals surface area contributed by atoms with Crippen LogP contribution < -0.4 is 16.4 Å². The van der Waals surface area contributed by atoms with E-state index < -0.39 is 0 Å². The second-order valence-corrected chi connectivity index (χ2v) is 6.40. The van der Waals surface area contributed by atoms with Gasteiger partial charge in [-0.15, -0.1) is 0 Å². The van der Waals surface area contributed by atoms with Gasteiger partial charge in [0.1, 0.15) is 0 Å². The Morgan fingerprint density at radius 1 is 1.04 bits per heavy atom. The van der Waals surface area contributed by atoms with E-state index in [1.165, 1.54) is 0 Å². The Balaban J connectivity index is 2.04. The van der Waals surface area contributed by atoms with Gasteiger partial charge in [0.2, 0.25) is 0 Å². The summed E-state index contributed by atoms with van der Waals surface area (Å²) in [7, 11) is 0. The van der Waals surface area contributed by atoms with E-state index in [1.54, 1.807) is 48.5 Å². The second kappa shape index (κ2) is 6.59. The summed E-state index contributed by atoms with van der Waals surface area (Å²) in [5.41, 5.74) is 6.94. The quantitative estimate of drug-likeness (QED) is 0.448. The molecule has 5 heteroatoms. The highest BCUT2D eigenvalue weighted by molar-refractivity contribution is 6.23. The second-order valence-electron chi connectivity index (χ2n) is 6.40. The van der Waals surface area contributed by atoms with Gasteiger partial charge < -0.3 is 5.73 Å². The number of hydrogen-bond acceptors (Lipinski definition) is 4. The normalized spacial score (nSPS) is 12.0. The monoisotopic (exact) mass is 363 g/mol. The van der Waals surface area contributed by atoms with E-state index in [0.29, 0.717) is 39.2 Å².